The van der Waals surface area contributed by atoms with E-state index in [1.54, 1.807) is 56.3 Å². The van der Waals surface area contributed by atoms with Crippen LogP contribution in [0, 0.1) is 6.92 Å². The second-order valence-electron chi connectivity index (χ2n) is 5.43. The van der Waals surface area contributed by atoms with Crippen molar-refractivity contribution in [3.05, 3.63) is 58.6 Å². The number of carbonyl (C=O) groups excluding carboxylic acids is 2. The molecule has 0 aliphatic heterocycles. The Labute approximate surface area is 151 Å². The molecule has 1 atom stereocenters. The number of anilines is 1. The SMILES string of the molecule is CCOC(=O)c1ccccc1NC(=O)[C@@H](C)Oc1ccc(Cl)cc1C. The molecule has 6 heteroatoms. The molecule has 0 aliphatic carbocycles. The van der Waals surface area contributed by atoms with E-state index in [-0.39, 0.29) is 12.5 Å². The Kier molecular flexibility index (Phi) is 6.42. The summed E-state index contributed by atoms with van der Waals surface area (Å²) in [7, 11) is 0. The molecule has 0 saturated carbocycles. The zero-order chi connectivity index (χ0) is 18.4. The van der Waals surface area contributed by atoms with Gasteiger partial charge >= 0.3 is 5.97 Å². The molecule has 0 bridgehead atoms. The summed E-state index contributed by atoms with van der Waals surface area (Å²) in [5.41, 5.74) is 1.51. The fraction of sp³-hybridized carbons (Fsp3) is 0.263. The molecule has 0 spiro atoms. The summed E-state index contributed by atoms with van der Waals surface area (Å²) < 4.78 is 10.7. The van der Waals surface area contributed by atoms with Crippen molar-refractivity contribution >= 4 is 29.2 Å². The number of amides is 1. The second-order valence-corrected chi connectivity index (χ2v) is 5.86. The van der Waals surface area contributed by atoms with E-state index in [1.807, 2.05) is 6.92 Å². The number of rotatable bonds is 6. The minimum Gasteiger partial charge on any atom is -0.481 e. The van der Waals surface area contributed by atoms with Gasteiger partial charge in [0.15, 0.2) is 6.10 Å². The maximum atomic E-state index is 12.4. The number of esters is 1. The van der Waals surface area contributed by atoms with E-state index >= 15 is 0 Å². The van der Waals surface area contributed by atoms with Crippen molar-refractivity contribution in [2.45, 2.75) is 26.9 Å². The first-order chi connectivity index (χ1) is 11.9. The molecule has 1 amide bonds. The van der Waals surface area contributed by atoms with Gasteiger partial charge in [0, 0.05) is 5.02 Å². The fourth-order valence-electron chi connectivity index (χ4n) is 2.20. The van der Waals surface area contributed by atoms with Gasteiger partial charge in [-0.2, -0.15) is 0 Å². The normalized spacial score (nSPS) is 11.5. The van der Waals surface area contributed by atoms with Crippen LogP contribution in [0.25, 0.3) is 0 Å². The molecule has 0 unspecified atom stereocenters. The molecule has 132 valence electrons. The molecule has 0 radical (unpaired) electrons. The Hall–Kier alpha value is -2.53. The van der Waals surface area contributed by atoms with Crippen LogP contribution in [0.2, 0.25) is 5.02 Å². The number of hydrogen-bond donors (Lipinski definition) is 1. The number of para-hydroxylation sites is 1. The summed E-state index contributed by atoms with van der Waals surface area (Å²) in [4.78, 5) is 24.4. The molecule has 0 aliphatic rings. The van der Waals surface area contributed by atoms with Crippen molar-refractivity contribution < 1.29 is 19.1 Å². The first kappa shape index (κ1) is 18.8. The molecular weight excluding hydrogens is 342 g/mol. The van der Waals surface area contributed by atoms with Crippen molar-refractivity contribution in [1.29, 1.82) is 0 Å². The summed E-state index contributed by atoms with van der Waals surface area (Å²) in [6.45, 7) is 5.47. The lowest BCUT2D eigenvalue weighted by molar-refractivity contribution is -0.122. The standard InChI is InChI=1S/C19H20ClNO4/c1-4-24-19(23)15-7-5-6-8-16(15)21-18(22)13(3)25-17-10-9-14(20)11-12(17)2/h5-11,13H,4H2,1-3H3,(H,21,22)/t13-/m1/s1. The largest absolute Gasteiger partial charge is 0.481 e. The van der Waals surface area contributed by atoms with E-state index in [0.717, 1.165) is 5.56 Å². The van der Waals surface area contributed by atoms with Crippen molar-refractivity contribution in [3.63, 3.8) is 0 Å². The van der Waals surface area contributed by atoms with Gasteiger partial charge in [0.2, 0.25) is 0 Å². The molecule has 2 aromatic rings. The van der Waals surface area contributed by atoms with Gasteiger partial charge in [-0.25, -0.2) is 4.79 Å². The predicted octanol–water partition coefficient (Wildman–Crippen LogP) is 4.23. The van der Waals surface area contributed by atoms with Crippen molar-refractivity contribution in [2.24, 2.45) is 0 Å². The summed E-state index contributed by atoms with van der Waals surface area (Å²) in [5.74, 6) is -0.280. The van der Waals surface area contributed by atoms with E-state index in [9.17, 15) is 9.59 Å². The highest BCUT2D eigenvalue weighted by molar-refractivity contribution is 6.30. The molecular formula is C19H20ClNO4. The van der Waals surface area contributed by atoms with Gasteiger partial charge in [0.05, 0.1) is 17.9 Å². The lowest BCUT2D eigenvalue weighted by atomic mass is 10.1. The third-order valence-corrected chi connectivity index (χ3v) is 3.73. The quantitative estimate of drug-likeness (QED) is 0.782. The van der Waals surface area contributed by atoms with E-state index in [4.69, 9.17) is 21.1 Å². The van der Waals surface area contributed by atoms with Gasteiger partial charge in [-0.15, -0.1) is 0 Å². The number of aryl methyl sites for hydroxylation is 1. The molecule has 25 heavy (non-hydrogen) atoms. The summed E-state index contributed by atoms with van der Waals surface area (Å²) in [6, 6.07) is 11.9. The van der Waals surface area contributed by atoms with Gasteiger partial charge in [-0.3, -0.25) is 4.79 Å². The van der Waals surface area contributed by atoms with Crippen LogP contribution in [0.5, 0.6) is 5.75 Å². The third kappa shape index (κ3) is 4.97. The van der Waals surface area contributed by atoms with E-state index in [0.29, 0.717) is 22.0 Å². The first-order valence-electron chi connectivity index (χ1n) is 7.92. The van der Waals surface area contributed by atoms with Crippen LogP contribution in [0.3, 0.4) is 0 Å². The highest BCUT2D eigenvalue weighted by atomic mass is 35.5. The molecule has 1 N–H and O–H groups in total. The Morgan fingerprint density at radius 3 is 2.60 bits per heavy atom. The number of halogens is 1. The lowest BCUT2D eigenvalue weighted by Crippen LogP contribution is -2.31. The van der Waals surface area contributed by atoms with Crippen molar-refractivity contribution in [2.75, 3.05) is 11.9 Å². The summed E-state index contributed by atoms with van der Waals surface area (Å²) >= 11 is 5.92. The number of nitrogens with one attached hydrogen (secondary N) is 1. The van der Waals surface area contributed by atoms with Crippen LogP contribution in [-0.2, 0) is 9.53 Å². The monoisotopic (exact) mass is 361 g/mol. The topological polar surface area (TPSA) is 64.6 Å². The van der Waals surface area contributed by atoms with Crippen LogP contribution < -0.4 is 10.1 Å². The molecule has 0 saturated heterocycles. The summed E-state index contributed by atoms with van der Waals surface area (Å²) in [6.07, 6.45) is -0.755. The van der Waals surface area contributed by atoms with Crippen LogP contribution in [0.4, 0.5) is 5.69 Å². The van der Waals surface area contributed by atoms with Crippen LogP contribution in [-0.4, -0.2) is 24.6 Å². The number of carbonyl (C=O) groups is 2. The van der Waals surface area contributed by atoms with Gasteiger partial charge in [-0.05, 0) is 56.7 Å². The van der Waals surface area contributed by atoms with E-state index in [1.165, 1.54) is 0 Å². The third-order valence-electron chi connectivity index (χ3n) is 3.49. The van der Waals surface area contributed by atoms with Gasteiger partial charge < -0.3 is 14.8 Å². The predicted molar refractivity (Wildman–Crippen MR) is 97.3 cm³/mol. The average Bonchev–Trinajstić information content (AvgIpc) is 2.58. The highest BCUT2D eigenvalue weighted by Crippen LogP contribution is 2.23. The first-order valence-corrected chi connectivity index (χ1v) is 8.30. The number of benzene rings is 2. The molecule has 0 aromatic heterocycles. The van der Waals surface area contributed by atoms with Crippen LogP contribution in [0.1, 0.15) is 29.8 Å². The fourth-order valence-corrected chi connectivity index (χ4v) is 2.43. The lowest BCUT2D eigenvalue weighted by Gasteiger charge is -2.17. The van der Waals surface area contributed by atoms with E-state index < -0.39 is 12.1 Å². The average molecular weight is 362 g/mol. The van der Waals surface area contributed by atoms with Crippen molar-refractivity contribution in [1.82, 2.24) is 0 Å². The smallest absolute Gasteiger partial charge is 0.340 e. The maximum absolute atomic E-state index is 12.4. The Morgan fingerprint density at radius 1 is 1.20 bits per heavy atom. The highest BCUT2D eigenvalue weighted by Gasteiger charge is 2.19. The minimum absolute atomic E-state index is 0.260. The Bertz CT molecular complexity index is 776. The minimum atomic E-state index is -0.755. The van der Waals surface area contributed by atoms with Crippen LogP contribution in [0.15, 0.2) is 42.5 Å². The molecule has 2 rings (SSSR count). The zero-order valence-electron chi connectivity index (χ0n) is 14.3. The number of ether oxygens (including phenoxy) is 2. The van der Waals surface area contributed by atoms with Gasteiger partial charge in [-0.1, -0.05) is 23.7 Å². The maximum Gasteiger partial charge on any atom is 0.340 e. The van der Waals surface area contributed by atoms with Gasteiger partial charge in [0.1, 0.15) is 5.75 Å². The molecule has 5 nitrogen and oxygen atoms in total. The summed E-state index contributed by atoms with van der Waals surface area (Å²) in [5, 5.41) is 3.31. The Morgan fingerprint density at radius 2 is 1.92 bits per heavy atom. The van der Waals surface area contributed by atoms with E-state index in [2.05, 4.69) is 5.32 Å². The second kappa shape index (κ2) is 8.53. The Balaban J connectivity index is 2.10. The van der Waals surface area contributed by atoms with Crippen LogP contribution >= 0.6 is 11.6 Å². The zero-order valence-corrected chi connectivity index (χ0v) is 15.1. The van der Waals surface area contributed by atoms with Gasteiger partial charge in [0.25, 0.3) is 5.91 Å². The number of hydrogen-bond acceptors (Lipinski definition) is 4. The molecule has 0 heterocycles. The molecule has 0 fully saturated rings. The van der Waals surface area contributed by atoms with Crippen molar-refractivity contribution in [3.8, 4) is 5.75 Å². The molecule has 2 aromatic carbocycles.